The number of halogens is 6. The number of nitrogen functional groups attached to an aromatic ring is 1. The lowest BCUT2D eigenvalue weighted by Gasteiger charge is -2.35. The summed E-state index contributed by atoms with van der Waals surface area (Å²) in [6.07, 6.45) is -6.62. The third-order valence-electron chi connectivity index (χ3n) is 6.71. The summed E-state index contributed by atoms with van der Waals surface area (Å²) in [7, 11) is 0. The third kappa shape index (κ3) is 6.07. The number of alkyl halides is 6. The first kappa shape index (κ1) is 23.7. The highest BCUT2D eigenvalue weighted by molar-refractivity contribution is 6.02. The Hall–Kier alpha value is -1.93. The molecule has 31 heavy (non-hydrogen) atoms. The quantitative estimate of drug-likeness (QED) is 0.322. The number of carbonyl (C=O) groups is 1. The van der Waals surface area contributed by atoms with Crippen LogP contribution in [-0.4, -0.2) is 31.2 Å². The van der Waals surface area contributed by atoms with Crippen molar-refractivity contribution in [3.05, 3.63) is 23.8 Å². The Kier molecular flexibility index (Phi) is 7.11. The van der Waals surface area contributed by atoms with Crippen molar-refractivity contribution in [3.8, 4) is 0 Å². The van der Waals surface area contributed by atoms with E-state index in [1.54, 1.807) is 23.1 Å². The molecule has 1 aromatic carbocycles. The first-order valence-corrected chi connectivity index (χ1v) is 10.8. The second-order valence-electron chi connectivity index (χ2n) is 8.80. The average Bonchev–Trinajstić information content (AvgIpc) is 2.71. The second kappa shape index (κ2) is 9.28. The van der Waals surface area contributed by atoms with Crippen LogP contribution in [0.15, 0.2) is 18.2 Å². The standard InChI is InChI=1S/C22H28F6N2O/c23-21(24,25)15-4-1-14(2-5-15)3-8-20(31)18-13-17(29)6-7-19(18)30-11-9-16(10-12-30)22(26,27)28/h6-7,13-16H,1-5,8-12,29H2. The van der Waals surface area contributed by atoms with Crippen molar-refractivity contribution >= 4 is 17.2 Å². The lowest BCUT2D eigenvalue weighted by Crippen LogP contribution is -2.39. The molecule has 0 atom stereocenters. The van der Waals surface area contributed by atoms with E-state index in [2.05, 4.69) is 0 Å². The summed E-state index contributed by atoms with van der Waals surface area (Å²) in [5.74, 6) is -2.67. The van der Waals surface area contributed by atoms with Crippen LogP contribution in [0.2, 0.25) is 0 Å². The number of nitrogens with zero attached hydrogens (tertiary/aromatic N) is 1. The molecule has 0 aromatic heterocycles. The van der Waals surface area contributed by atoms with Gasteiger partial charge in [0.2, 0.25) is 0 Å². The zero-order chi connectivity index (χ0) is 22.8. The molecule has 0 radical (unpaired) electrons. The molecule has 1 aliphatic heterocycles. The molecule has 0 amide bonds. The number of rotatable bonds is 5. The third-order valence-corrected chi connectivity index (χ3v) is 6.71. The van der Waals surface area contributed by atoms with Crippen molar-refractivity contribution in [3.63, 3.8) is 0 Å². The number of piperidine rings is 1. The van der Waals surface area contributed by atoms with Crippen LogP contribution in [0.4, 0.5) is 37.7 Å². The van der Waals surface area contributed by atoms with Gasteiger partial charge in [0.25, 0.3) is 0 Å². The van der Waals surface area contributed by atoms with Gasteiger partial charge in [-0.25, -0.2) is 0 Å². The van der Waals surface area contributed by atoms with Crippen LogP contribution in [-0.2, 0) is 0 Å². The zero-order valence-electron chi connectivity index (χ0n) is 17.2. The molecule has 2 fully saturated rings. The fraction of sp³-hybridized carbons (Fsp3) is 0.682. The van der Waals surface area contributed by atoms with Gasteiger partial charge in [-0.05, 0) is 69.1 Å². The van der Waals surface area contributed by atoms with E-state index in [0.717, 1.165) is 0 Å². The number of Topliss-reactive ketones (excluding diaryl/α,β-unsaturated/α-hetero) is 1. The van der Waals surface area contributed by atoms with E-state index in [1.165, 1.54) is 0 Å². The lowest BCUT2D eigenvalue weighted by atomic mass is 9.79. The molecule has 3 nitrogen and oxygen atoms in total. The molecule has 1 heterocycles. The van der Waals surface area contributed by atoms with Crippen LogP contribution in [0.5, 0.6) is 0 Å². The molecule has 174 valence electrons. The molecule has 2 aliphatic rings. The average molecular weight is 450 g/mol. The Labute approximate surface area is 178 Å². The number of hydrogen-bond donors (Lipinski definition) is 1. The number of ketones is 1. The lowest BCUT2D eigenvalue weighted by molar-refractivity contribution is -0.184. The van der Waals surface area contributed by atoms with E-state index in [9.17, 15) is 31.1 Å². The van der Waals surface area contributed by atoms with Crippen molar-refractivity contribution in [2.75, 3.05) is 23.7 Å². The van der Waals surface area contributed by atoms with Crippen molar-refractivity contribution in [2.45, 2.75) is 63.7 Å². The summed E-state index contributed by atoms with van der Waals surface area (Å²) in [6, 6.07) is 4.85. The smallest absolute Gasteiger partial charge is 0.391 e. The van der Waals surface area contributed by atoms with E-state index >= 15 is 0 Å². The Bertz CT molecular complexity index is 760. The fourth-order valence-corrected chi connectivity index (χ4v) is 4.75. The van der Waals surface area contributed by atoms with E-state index in [4.69, 9.17) is 5.73 Å². The van der Waals surface area contributed by atoms with Gasteiger partial charge < -0.3 is 10.6 Å². The minimum absolute atomic E-state index is 0.0239. The molecule has 0 spiro atoms. The number of anilines is 2. The fourth-order valence-electron chi connectivity index (χ4n) is 4.75. The largest absolute Gasteiger partial charge is 0.399 e. The minimum Gasteiger partial charge on any atom is -0.399 e. The predicted octanol–water partition coefficient (Wildman–Crippen LogP) is 6.38. The molecule has 1 aromatic rings. The normalized spacial score (nSPS) is 23.7. The minimum atomic E-state index is -4.21. The predicted molar refractivity (Wildman–Crippen MR) is 107 cm³/mol. The van der Waals surface area contributed by atoms with Crippen LogP contribution in [0.1, 0.15) is 61.7 Å². The van der Waals surface area contributed by atoms with Crippen molar-refractivity contribution in [1.29, 1.82) is 0 Å². The van der Waals surface area contributed by atoms with Gasteiger partial charge >= 0.3 is 12.4 Å². The molecule has 1 saturated heterocycles. The monoisotopic (exact) mass is 450 g/mol. The van der Waals surface area contributed by atoms with Gasteiger partial charge in [-0.1, -0.05) is 0 Å². The van der Waals surface area contributed by atoms with Gasteiger partial charge in [-0.2, -0.15) is 26.3 Å². The van der Waals surface area contributed by atoms with E-state index in [-0.39, 0.29) is 56.9 Å². The van der Waals surface area contributed by atoms with Gasteiger partial charge in [0.15, 0.2) is 5.78 Å². The zero-order valence-corrected chi connectivity index (χ0v) is 17.2. The van der Waals surface area contributed by atoms with E-state index in [0.29, 0.717) is 36.2 Å². The molecular formula is C22H28F6N2O. The van der Waals surface area contributed by atoms with Gasteiger partial charge in [0, 0.05) is 36.4 Å². The first-order valence-electron chi connectivity index (χ1n) is 10.8. The molecule has 0 unspecified atom stereocenters. The first-order chi connectivity index (χ1) is 14.4. The molecule has 3 rings (SSSR count). The van der Waals surface area contributed by atoms with Gasteiger partial charge in [0.1, 0.15) is 0 Å². The molecule has 9 heteroatoms. The van der Waals surface area contributed by atoms with Crippen molar-refractivity contribution in [1.82, 2.24) is 0 Å². The Balaban J connectivity index is 1.60. The van der Waals surface area contributed by atoms with Crippen molar-refractivity contribution in [2.24, 2.45) is 17.8 Å². The number of benzene rings is 1. The highest BCUT2D eigenvalue weighted by Crippen LogP contribution is 2.41. The SMILES string of the molecule is Nc1ccc(N2CCC(C(F)(F)F)CC2)c(C(=O)CCC2CCC(C(F)(F)F)CC2)c1. The number of hydrogen-bond acceptors (Lipinski definition) is 3. The Morgan fingerprint density at radius 2 is 1.45 bits per heavy atom. The summed E-state index contributed by atoms with van der Waals surface area (Å²) in [6.45, 7) is 0.408. The van der Waals surface area contributed by atoms with E-state index in [1.807, 2.05) is 0 Å². The van der Waals surface area contributed by atoms with Crippen LogP contribution in [0, 0.1) is 17.8 Å². The van der Waals surface area contributed by atoms with Crippen LogP contribution in [0.3, 0.4) is 0 Å². The maximum atomic E-state index is 12.9. The molecule has 1 aliphatic carbocycles. The maximum Gasteiger partial charge on any atom is 0.391 e. The van der Waals surface area contributed by atoms with Crippen molar-refractivity contribution < 1.29 is 31.1 Å². The van der Waals surface area contributed by atoms with Gasteiger partial charge in [-0.15, -0.1) is 0 Å². The summed E-state index contributed by atoms with van der Waals surface area (Å²) >= 11 is 0. The highest BCUT2D eigenvalue weighted by atomic mass is 19.4. The van der Waals surface area contributed by atoms with Gasteiger partial charge in [0.05, 0.1) is 11.8 Å². The molecular weight excluding hydrogens is 422 g/mol. The Morgan fingerprint density at radius 1 is 0.903 bits per heavy atom. The highest BCUT2D eigenvalue weighted by Gasteiger charge is 2.42. The van der Waals surface area contributed by atoms with Crippen LogP contribution < -0.4 is 10.6 Å². The topological polar surface area (TPSA) is 46.3 Å². The maximum absolute atomic E-state index is 12.9. The number of carbonyl (C=O) groups excluding carboxylic acids is 1. The van der Waals surface area contributed by atoms with Crippen LogP contribution >= 0.6 is 0 Å². The molecule has 0 bridgehead atoms. The summed E-state index contributed by atoms with van der Waals surface area (Å²) < 4.78 is 77.3. The second-order valence-corrected chi connectivity index (χ2v) is 8.80. The molecule has 2 N–H and O–H groups in total. The molecule has 1 saturated carbocycles. The number of nitrogens with two attached hydrogens (primary N) is 1. The van der Waals surface area contributed by atoms with Gasteiger partial charge in [-0.3, -0.25) is 4.79 Å². The summed E-state index contributed by atoms with van der Waals surface area (Å²) in [4.78, 5) is 14.7. The Morgan fingerprint density at radius 3 is 2.00 bits per heavy atom. The summed E-state index contributed by atoms with van der Waals surface area (Å²) in [5.41, 5.74) is 7.20. The van der Waals surface area contributed by atoms with E-state index < -0.39 is 24.2 Å². The van der Waals surface area contributed by atoms with Crippen LogP contribution in [0.25, 0.3) is 0 Å². The summed E-state index contributed by atoms with van der Waals surface area (Å²) in [5, 5.41) is 0.